The highest BCUT2D eigenvalue weighted by Crippen LogP contribution is 2.16. The van der Waals surface area contributed by atoms with E-state index in [1.807, 2.05) is 12.1 Å². The fourth-order valence-electron chi connectivity index (χ4n) is 1.79. The average molecular weight is 238 g/mol. The largest absolute Gasteiger partial charge is 0.318 e. The Balaban J connectivity index is 2.25. The topological polar surface area (TPSA) is 60.7 Å². The van der Waals surface area contributed by atoms with E-state index in [9.17, 15) is 4.79 Å². The van der Waals surface area contributed by atoms with Crippen molar-refractivity contribution in [3.63, 3.8) is 0 Å². The first kappa shape index (κ1) is 10.6. The number of fused-ring (bicyclic) bond motifs is 1. The summed E-state index contributed by atoms with van der Waals surface area (Å²) in [6, 6.07) is 5.46. The van der Waals surface area contributed by atoms with E-state index in [1.165, 1.54) is 4.57 Å². The third kappa shape index (κ3) is 1.66. The van der Waals surface area contributed by atoms with Crippen molar-refractivity contribution in [1.29, 1.82) is 0 Å². The lowest BCUT2D eigenvalue weighted by Crippen LogP contribution is -2.15. The second-order valence-electron chi connectivity index (χ2n) is 3.96. The van der Waals surface area contributed by atoms with Gasteiger partial charge in [-0.2, -0.15) is 0 Å². The van der Waals surface area contributed by atoms with Crippen LogP contribution in [0.2, 0.25) is 0 Å². The summed E-state index contributed by atoms with van der Waals surface area (Å²) in [5.41, 5.74) is 0.608. The van der Waals surface area contributed by atoms with Gasteiger partial charge >= 0.3 is 0 Å². The van der Waals surface area contributed by atoms with Crippen LogP contribution in [0.5, 0.6) is 0 Å². The first-order valence-corrected chi connectivity index (χ1v) is 5.48. The monoisotopic (exact) mass is 238 g/mol. The summed E-state index contributed by atoms with van der Waals surface area (Å²) in [5, 5.41) is 1.44. The predicted octanol–water partition coefficient (Wildman–Crippen LogP) is 1.39. The normalized spacial score (nSPS) is 10.7. The molecule has 5 nitrogen and oxygen atoms in total. The van der Waals surface area contributed by atoms with Gasteiger partial charge < -0.3 is 4.57 Å². The summed E-state index contributed by atoms with van der Waals surface area (Å²) in [6.07, 6.45) is 6.64. The van der Waals surface area contributed by atoms with Crippen molar-refractivity contribution >= 4 is 10.8 Å². The zero-order valence-corrected chi connectivity index (χ0v) is 9.74. The van der Waals surface area contributed by atoms with Crippen LogP contribution in [0, 0.1) is 0 Å². The third-order valence-electron chi connectivity index (χ3n) is 2.76. The highest BCUT2D eigenvalue weighted by atomic mass is 16.1. The molecule has 0 spiro atoms. The van der Waals surface area contributed by atoms with Gasteiger partial charge in [-0.1, -0.05) is 0 Å². The Kier molecular flexibility index (Phi) is 2.37. The maximum Gasteiger partial charge on any atom is 0.259 e. The van der Waals surface area contributed by atoms with Gasteiger partial charge in [0.1, 0.15) is 5.69 Å². The molecule has 0 unspecified atom stereocenters. The van der Waals surface area contributed by atoms with Crippen LogP contribution in [-0.2, 0) is 7.05 Å². The van der Waals surface area contributed by atoms with Crippen LogP contribution in [0.1, 0.15) is 0 Å². The maximum absolute atomic E-state index is 11.9. The maximum atomic E-state index is 11.9. The summed E-state index contributed by atoms with van der Waals surface area (Å²) in [6.45, 7) is 0. The summed E-state index contributed by atoms with van der Waals surface area (Å²) >= 11 is 0. The van der Waals surface area contributed by atoms with Crippen LogP contribution in [-0.4, -0.2) is 19.5 Å². The van der Waals surface area contributed by atoms with Gasteiger partial charge in [-0.15, -0.1) is 0 Å². The molecule has 0 radical (unpaired) electrons. The molecule has 88 valence electrons. The molecule has 3 heterocycles. The minimum atomic E-state index is -0.0551. The van der Waals surface area contributed by atoms with E-state index >= 15 is 0 Å². The second kappa shape index (κ2) is 4.03. The molecular formula is C13H10N4O. The molecule has 3 aromatic rings. The Morgan fingerprint density at radius 2 is 1.94 bits per heavy atom. The fourth-order valence-corrected chi connectivity index (χ4v) is 1.79. The summed E-state index contributed by atoms with van der Waals surface area (Å²) in [5.74, 6) is 0.556. The molecular weight excluding hydrogens is 228 g/mol. The zero-order chi connectivity index (χ0) is 12.5. The van der Waals surface area contributed by atoms with Crippen molar-refractivity contribution in [2.24, 2.45) is 7.05 Å². The molecule has 18 heavy (non-hydrogen) atoms. The van der Waals surface area contributed by atoms with Crippen LogP contribution in [0.4, 0.5) is 0 Å². The van der Waals surface area contributed by atoms with Crippen LogP contribution in [0.25, 0.3) is 22.3 Å². The molecule has 0 saturated heterocycles. The zero-order valence-electron chi connectivity index (χ0n) is 9.74. The van der Waals surface area contributed by atoms with E-state index in [2.05, 4.69) is 15.0 Å². The van der Waals surface area contributed by atoms with Gasteiger partial charge in [-0.25, -0.2) is 9.97 Å². The Morgan fingerprint density at radius 1 is 1.17 bits per heavy atom. The Hall–Kier alpha value is -2.56. The van der Waals surface area contributed by atoms with E-state index in [1.54, 1.807) is 37.9 Å². The van der Waals surface area contributed by atoms with Crippen LogP contribution >= 0.6 is 0 Å². The molecule has 0 fully saturated rings. The van der Waals surface area contributed by atoms with Crippen molar-refractivity contribution in [3.05, 3.63) is 53.3 Å². The number of aromatic nitrogens is 4. The molecule has 0 aliphatic heterocycles. The smallest absolute Gasteiger partial charge is 0.259 e. The molecule has 5 heteroatoms. The van der Waals surface area contributed by atoms with Gasteiger partial charge in [0.25, 0.3) is 5.56 Å². The van der Waals surface area contributed by atoms with Crippen LogP contribution in [0.15, 0.2) is 47.8 Å². The van der Waals surface area contributed by atoms with E-state index in [-0.39, 0.29) is 5.56 Å². The number of hydrogen-bond donors (Lipinski definition) is 0. The quantitative estimate of drug-likeness (QED) is 0.642. The number of aryl methyl sites for hydroxylation is 1. The SMILES string of the molecule is Cn1ccc2cc(-c3ncccn3)ncc2c1=O. The van der Waals surface area contributed by atoms with Gasteiger partial charge in [0, 0.05) is 31.8 Å². The second-order valence-corrected chi connectivity index (χ2v) is 3.96. The molecule has 0 atom stereocenters. The van der Waals surface area contributed by atoms with E-state index in [4.69, 9.17) is 0 Å². The lowest BCUT2D eigenvalue weighted by molar-refractivity contribution is 0.872. The third-order valence-corrected chi connectivity index (χ3v) is 2.76. The van der Waals surface area contributed by atoms with Gasteiger partial charge in [0.05, 0.1) is 5.39 Å². The summed E-state index contributed by atoms with van der Waals surface area (Å²) < 4.78 is 1.53. The number of nitrogens with zero attached hydrogens (tertiary/aromatic N) is 4. The van der Waals surface area contributed by atoms with Crippen molar-refractivity contribution in [2.75, 3.05) is 0 Å². The van der Waals surface area contributed by atoms with Gasteiger partial charge in [-0.05, 0) is 23.6 Å². The molecule has 0 aromatic carbocycles. The molecule has 0 saturated carbocycles. The predicted molar refractivity (Wildman–Crippen MR) is 68.0 cm³/mol. The molecule has 3 rings (SSSR count). The molecule has 0 bridgehead atoms. The number of hydrogen-bond acceptors (Lipinski definition) is 4. The first-order chi connectivity index (χ1) is 8.75. The lowest BCUT2D eigenvalue weighted by atomic mass is 10.2. The molecule has 0 aliphatic rings. The Labute approximate surface area is 103 Å². The van der Waals surface area contributed by atoms with E-state index in [0.717, 1.165) is 5.39 Å². The summed E-state index contributed by atoms with van der Waals surface area (Å²) in [7, 11) is 1.72. The Bertz CT molecular complexity index is 765. The summed E-state index contributed by atoms with van der Waals surface area (Å²) in [4.78, 5) is 24.4. The lowest BCUT2D eigenvalue weighted by Gasteiger charge is -2.03. The van der Waals surface area contributed by atoms with Crippen molar-refractivity contribution in [2.45, 2.75) is 0 Å². The Morgan fingerprint density at radius 3 is 2.72 bits per heavy atom. The van der Waals surface area contributed by atoms with Crippen molar-refractivity contribution in [1.82, 2.24) is 19.5 Å². The van der Waals surface area contributed by atoms with Gasteiger partial charge in [0.2, 0.25) is 0 Å². The molecule has 0 aliphatic carbocycles. The highest BCUT2D eigenvalue weighted by Gasteiger charge is 2.05. The standard InChI is InChI=1S/C13H10N4O/c1-17-6-3-9-7-11(12-14-4-2-5-15-12)16-8-10(9)13(17)18/h2-8H,1H3. The first-order valence-electron chi connectivity index (χ1n) is 5.48. The fraction of sp³-hybridized carbons (Fsp3) is 0.0769. The van der Waals surface area contributed by atoms with Crippen molar-refractivity contribution in [3.8, 4) is 11.5 Å². The minimum Gasteiger partial charge on any atom is -0.318 e. The van der Waals surface area contributed by atoms with Crippen LogP contribution in [0.3, 0.4) is 0 Å². The van der Waals surface area contributed by atoms with Crippen LogP contribution < -0.4 is 5.56 Å². The molecule has 0 N–H and O–H groups in total. The van der Waals surface area contributed by atoms with Gasteiger partial charge in [-0.3, -0.25) is 9.78 Å². The van der Waals surface area contributed by atoms with E-state index in [0.29, 0.717) is 16.9 Å². The molecule has 3 aromatic heterocycles. The molecule has 0 amide bonds. The van der Waals surface area contributed by atoms with E-state index < -0.39 is 0 Å². The van der Waals surface area contributed by atoms with Gasteiger partial charge in [0.15, 0.2) is 5.82 Å². The van der Waals surface area contributed by atoms with Crippen molar-refractivity contribution < 1.29 is 0 Å². The number of pyridine rings is 2. The highest BCUT2D eigenvalue weighted by molar-refractivity contribution is 5.83. The minimum absolute atomic E-state index is 0.0551. The average Bonchev–Trinajstić information content (AvgIpc) is 2.44. The number of rotatable bonds is 1.